The second-order valence-corrected chi connectivity index (χ2v) is 7.63. The minimum atomic E-state index is -4.48. The van der Waals surface area contributed by atoms with Gasteiger partial charge in [0.05, 0.1) is 11.1 Å². The molecule has 8 heteroatoms. The van der Waals surface area contributed by atoms with Gasteiger partial charge in [0.1, 0.15) is 5.69 Å². The van der Waals surface area contributed by atoms with E-state index in [0.717, 1.165) is 57.8 Å². The minimum Gasteiger partial charge on any atom is -0.369 e. The summed E-state index contributed by atoms with van der Waals surface area (Å²) in [6, 6.07) is 11.1. The fourth-order valence-corrected chi connectivity index (χ4v) is 3.71. The second kappa shape index (κ2) is 7.16. The Hall–Kier alpha value is -2.48. The second-order valence-electron chi connectivity index (χ2n) is 7.63. The van der Waals surface area contributed by atoms with Crippen LogP contribution < -0.4 is 10.2 Å². The van der Waals surface area contributed by atoms with Gasteiger partial charge in [0, 0.05) is 44.6 Å². The first-order valence-electron chi connectivity index (χ1n) is 9.45. The van der Waals surface area contributed by atoms with Crippen LogP contribution in [0.15, 0.2) is 42.6 Å². The van der Waals surface area contributed by atoms with Crippen molar-refractivity contribution in [2.24, 2.45) is 0 Å². The molecule has 1 aliphatic carbocycles. The summed E-state index contributed by atoms with van der Waals surface area (Å²) in [5, 5.41) is 2.96. The summed E-state index contributed by atoms with van der Waals surface area (Å²) in [7, 11) is 0. The van der Waals surface area contributed by atoms with Crippen molar-refractivity contribution in [2.75, 3.05) is 37.6 Å². The lowest BCUT2D eigenvalue weighted by molar-refractivity contribution is -0.140. The first-order chi connectivity index (χ1) is 13.3. The fourth-order valence-electron chi connectivity index (χ4n) is 3.71. The van der Waals surface area contributed by atoms with Gasteiger partial charge in [0.25, 0.3) is 5.91 Å². The van der Waals surface area contributed by atoms with E-state index in [1.54, 1.807) is 0 Å². The third-order valence-electron chi connectivity index (χ3n) is 5.50. The number of para-hydroxylation sites is 1. The zero-order chi connectivity index (χ0) is 19.8. The van der Waals surface area contributed by atoms with E-state index in [-0.39, 0.29) is 11.1 Å². The van der Waals surface area contributed by atoms with E-state index >= 15 is 0 Å². The minimum absolute atomic E-state index is 0.0208. The van der Waals surface area contributed by atoms with Crippen LogP contribution in [-0.4, -0.2) is 54.1 Å². The van der Waals surface area contributed by atoms with Crippen LogP contribution in [-0.2, 0) is 6.18 Å². The lowest BCUT2D eigenvalue weighted by Gasteiger charge is -2.38. The Labute approximate surface area is 161 Å². The molecule has 2 aromatic rings. The normalized spacial score (nSPS) is 19.5. The van der Waals surface area contributed by atoms with Crippen molar-refractivity contribution >= 4 is 11.6 Å². The number of carbonyl (C=O) groups is 1. The van der Waals surface area contributed by atoms with E-state index in [4.69, 9.17) is 0 Å². The highest BCUT2D eigenvalue weighted by molar-refractivity contribution is 5.95. The average Bonchev–Trinajstić information content (AvgIpc) is 3.21. The Bertz CT molecular complexity index is 821. The van der Waals surface area contributed by atoms with Crippen molar-refractivity contribution < 1.29 is 18.0 Å². The van der Waals surface area contributed by atoms with Gasteiger partial charge in [-0.3, -0.25) is 9.69 Å². The highest BCUT2D eigenvalue weighted by Gasteiger charge is 2.46. The summed E-state index contributed by atoms with van der Waals surface area (Å²) in [4.78, 5) is 19.2. The number of piperazine rings is 1. The maximum Gasteiger partial charge on any atom is 0.431 e. The number of aromatic amines is 1. The topological polar surface area (TPSA) is 51.4 Å². The molecule has 2 N–H and O–H groups in total. The van der Waals surface area contributed by atoms with Gasteiger partial charge in [0.2, 0.25) is 0 Å². The third kappa shape index (κ3) is 4.16. The van der Waals surface area contributed by atoms with Crippen LogP contribution in [0.5, 0.6) is 0 Å². The van der Waals surface area contributed by atoms with Gasteiger partial charge in [-0.25, -0.2) is 0 Å². The Morgan fingerprint density at radius 1 is 1.11 bits per heavy atom. The molecule has 0 spiro atoms. The number of H-pyrrole nitrogens is 1. The number of hydrogen-bond acceptors (Lipinski definition) is 3. The zero-order valence-corrected chi connectivity index (χ0v) is 15.4. The highest BCUT2D eigenvalue weighted by atomic mass is 19.4. The first-order valence-corrected chi connectivity index (χ1v) is 9.45. The number of aromatic nitrogens is 1. The molecule has 2 fully saturated rings. The van der Waals surface area contributed by atoms with Gasteiger partial charge in [-0.15, -0.1) is 0 Å². The van der Waals surface area contributed by atoms with Gasteiger partial charge in [0.15, 0.2) is 0 Å². The van der Waals surface area contributed by atoms with Crippen LogP contribution in [0.3, 0.4) is 0 Å². The SMILES string of the molecule is O=C(NC1(CN2CCN(c3ccccc3)CC2)CC1)c1c[nH]c(C(F)(F)F)c1. The molecule has 1 aliphatic heterocycles. The molecule has 5 nitrogen and oxygen atoms in total. The molecule has 1 saturated heterocycles. The molecular formula is C20H23F3N4O. The number of halogens is 3. The van der Waals surface area contributed by atoms with Crippen LogP contribution in [0, 0.1) is 0 Å². The van der Waals surface area contributed by atoms with Crippen molar-refractivity contribution in [3.63, 3.8) is 0 Å². The Balaban J connectivity index is 1.31. The Morgan fingerprint density at radius 3 is 2.36 bits per heavy atom. The van der Waals surface area contributed by atoms with Crippen molar-refractivity contribution in [2.45, 2.75) is 24.6 Å². The number of nitrogens with one attached hydrogen (secondary N) is 2. The summed E-state index contributed by atoms with van der Waals surface area (Å²) < 4.78 is 38.1. The van der Waals surface area contributed by atoms with Crippen LogP contribution in [0.2, 0.25) is 0 Å². The van der Waals surface area contributed by atoms with E-state index in [1.165, 1.54) is 5.69 Å². The number of benzene rings is 1. The summed E-state index contributed by atoms with van der Waals surface area (Å²) in [5.74, 6) is -0.452. The van der Waals surface area contributed by atoms with Gasteiger partial charge in [-0.2, -0.15) is 13.2 Å². The van der Waals surface area contributed by atoms with Gasteiger partial charge >= 0.3 is 6.18 Å². The molecule has 150 valence electrons. The molecule has 0 atom stereocenters. The summed E-state index contributed by atoms with van der Waals surface area (Å²) in [6.07, 6.45) is -1.65. The quantitative estimate of drug-likeness (QED) is 0.822. The van der Waals surface area contributed by atoms with Gasteiger partial charge in [-0.1, -0.05) is 18.2 Å². The largest absolute Gasteiger partial charge is 0.431 e. The molecule has 0 unspecified atom stereocenters. The van der Waals surface area contributed by atoms with Crippen LogP contribution >= 0.6 is 0 Å². The van der Waals surface area contributed by atoms with Crippen molar-refractivity contribution in [3.8, 4) is 0 Å². The van der Waals surface area contributed by atoms with E-state index in [2.05, 4.69) is 32.2 Å². The van der Waals surface area contributed by atoms with Gasteiger partial charge in [-0.05, 0) is 31.0 Å². The number of nitrogens with zero attached hydrogens (tertiary/aromatic N) is 2. The van der Waals surface area contributed by atoms with E-state index in [9.17, 15) is 18.0 Å². The zero-order valence-electron chi connectivity index (χ0n) is 15.4. The number of hydrogen-bond donors (Lipinski definition) is 2. The van der Waals surface area contributed by atoms with Crippen molar-refractivity contribution in [1.29, 1.82) is 0 Å². The molecule has 1 saturated carbocycles. The average molecular weight is 392 g/mol. The molecule has 28 heavy (non-hydrogen) atoms. The Morgan fingerprint density at radius 2 is 1.79 bits per heavy atom. The van der Waals surface area contributed by atoms with E-state index in [0.29, 0.717) is 0 Å². The number of amides is 1. The predicted molar refractivity (Wildman–Crippen MR) is 100 cm³/mol. The Kier molecular flexibility index (Phi) is 4.82. The third-order valence-corrected chi connectivity index (χ3v) is 5.50. The summed E-state index contributed by atoms with van der Waals surface area (Å²) in [5.41, 5.74) is 0.0123. The lowest BCUT2D eigenvalue weighted by atomic mass is 10.2. The highest BCUT2D eigenvalue weighted by Crippen LogP contribution is 2.37. The molecule has 1 amide bonds. The smallest absolute Gasteiger partial charge is 0.369 e. The number of rotatable bonds is 5. The maximum absolute atomic E-state index is 12.7. The molecule has 2 heterocycles. The lowest BCUT2D eigenvalue weighted by Crippen LogP contribution is -2.52. The summed E-state index contributed by atoms with van der Waals surface area (Å²) >= 11 is 0. The number of alkyl halides is 3. The maximum atomic E-state index is 12.7. The van der Waals surface area contributed by atoms with Crippen molar-refractivity contribution in [3.05, 3.63) is 53.9 Å². The number of anilines is 1. The van der Waals surface area contributed by atoms with E-state index in [1.807, 2.05) is 18.2 Å². The predicted octanol–water partition coefficient (Wildman–Crippen LogP) is 3.12. The molecule has 0 radical (unpaired) electrons. The van der Waals surface area contributed by atoms with Crippen LogP contribution in [0.25, 0.3) is 0 Å². The van der Waals surface area contributed by atoms with Gasteiger partial charge < -0.3 is 15.2 Å². The standard InChI is InChI=1S/C20H23F3N4O/c21-20(22,23)17-12-15(13-24-17)18(28)25-19(6-7-19)14-26-8-10-27(11-9-26)16-4-2-1-3-5-16/h1-5,12-13,24H,6-11,14H2,(H,25,28). The van der Waals surface area contributed by atoms with Crippen LogP contribution in [0.4, 0.5) is 18.9 Å². The molecular weight excluding hydrogens is 369 g/mol. The first kappa shape index (κ1) is 18.9. The van der Waals surface area contributed by atoms with Crippen LogP contribution in [0.1, 0.15) is 28.9 Å². The van der Waals surface area contributed by atoms with E-state index < -0.39 is 17.8 Å². The number of carbonyl (C=O) groups excluding carboxylic acids is 1. The molecule has 1 aromatic carbocycles. The monoisotopic (exact) mass is 392 g/mol. The fraction of sp³-hybridized carbons (Fsp3) is 0.450. The summed E-state index contributed by atoms with van der Waals surface area (Å²) in [6.45, 7) is 4.36. The molecule has 4 rings (SSSR count). The molecule has 2 aliphatic rings. The van der Waals surface area contributed by atoms with Crippen molar-refractivity contribution in [1.82, 2.24) is 15.2 Å². The molecule has 1 aromatic heterocycles. The molecule has 0 bridgehead atoms.